The van der Waals surface area contributed by atoms with Gasteiger partial charge in [0, 0.05) is 70.5 Å². The van der Waals surface area contributed by atoms with Gasteiger partial charge in [-0.25, -0.2) is 0 Å². The summed E-state index contributed by atoms with van der Waals surface area (Å²) in [7, 11) is 1.99. The molecule has 4 nitrogen and oxygen atoms in total. The number of rotatable bonds is 3. The summed E-state index contributed by atoms with van der Waals surface area (Å²) in [6.07, 6.45) is 3.91. The molecule has 0 bridgehead atoms. The average Bonchev–Trinajstić information content (AvgIpc) is 2.89. The van der Waals surface area contributed by atoms with Crippen molar-refractivity contribution in [2.75, 3.05) is 13.1 Å². The van der Waals surface area contributed by atoms with Crippen LogP contribution in [0.25, 0.3) is 0 Å². The van der Waals surface area contributed by atoms with Gasteiger partial charge in [-0.15, -0.1) is 0 Å². The summed E-state index contributed by atoms with van der Waals surface area (Å²) < 4.78 is 2.02. The number of carbonyl (C=O) groups excluding carboxylic acids is 1. The second-order valence-electron chi connectivity index (χ2n) is 5.99. The molecule has 0 radical (unpaired) electrons. The van der Waals surface area contributed by atoms with Crippen molar-refractivity contribution in [3.8, 4) is 0 Å². The number of aromatic nitrogens is 1. The van der Waals surface area contributed by atoms with E-state index in [1.165, 1.54) is 17.8 Å². The zero-order valence-electron chi connectivity index (χ0n) is 14.0. The monoisotopic (exact) mass is 502 g/mol. The molecule has 1 fully saturated rings. The van der Waals surface area contributed by atoms with Gasteiger partial charge in [-0.05, 0) is 44.9 Å². The molecule has 0 atom stereocenters. The first kappa shape index (κ1) is 20.0. The minimum Gasteiger partial charge on any atom is -0.418 e. The molecule has 0 unspecified atom stereocenters. The molecule has 1 amide bonds. The molecule has 0 aliphatic carbocycles. The fourth-order valence-corrected chi connectivity index (χ4v) is 3.58. The van der Waals surface area contributed by atoms with E-state index in [1.807, 2.05) is 47.7 Å². The number of para-hydroxylation sites is 1. The van der Waals surface area contributed by atoms with E-state index in [2.05, 4.69) is 5.38 Å². The Balaban J connectivity index is 0.00000208. The Kier molecular flexibility index (Phi) is 7.79. The zero-order chi connectivity index (χ0) is 16.2. The van der Waals surface area contributed by atoms with Gasteiger partial charge in [0.05, 0.1) is 6.42 Å². The number of carbonyl (C=O) groups is 1. The van der Waals surface area contributed by atoms with E-state index >= 15 is 0 Å². The van der Waals surface area contributed by atoms with Gasteiger partial charge in [-0.2, -0.15) is 5.38 Å². The van der Waals surface area contributed by atoms with Crippen molar-refractivity contribution in [1.82, 2.24) is 9.47 Å². The minimum atomic E-state index is 0. The Morgan fingerprint density at radius 2 is 1.96 bits per heavy atom. The Morgan fingerprint density at radius 1 is 1.25 bits per heavy atom. The summed E-state index contributed by atoms with van der Waals surface area (Å²) in [6, 6.07) is 7.93. The van der Waals surface area contributed by atoms with Gasteiger partial charge in [0.1, 0.15) is 0 Å². The van der Waals surface area contributed by atoms with Crippen molar-refractivity contribution in [3.05, 3.63) is 45.7 Å². The predicted octanol–water partition coefficient (Wildman–Crippen LogP) is 2.98. The summed E-state index contributed by atoms with van der Waals surface area (Å²) in [5, 5.41) is 3.20. The minimum absolute atomic E-state index is 0. The van der Waals surface area contributed by atoms with Crippen LogP contribution < -0.4 is 4.80 Å². The smallest absolute Gasteiger partial charge is 0.227 e. The number of piperidine rings is 1. The van der Waals surface area contributed by atoms with Gasteiger partial charge >= 0.3 is 0 Å². The molecule has 1 aromatic carbocycles. The Bertz CT molecular complexity index is 760. The molecule has 6 heteroatoms. The van der Waals surface area contributed by atoms with Crippen LogP contribution in [0.4, 0.5) is 5.69 Å². The van der Waals surface area contributed by atoms with Gasteiger partial charge in [0.2, 0.25) is 5.91 Å². The summed E-state index contributed by atoms with van der Waals surface area (Å²) in [5.74, 6) is 0.214. The number of benzene rings is 1. The predicted molar refractivity (Wildman–Crippen MR) is 92.7 cm³/mol. The normalized spacial score (nSPS) is 15.2. The molecule has 24 heavy (non-hydrogen) atoms. The van der Waals surface area contributed by atoms with Crippen molar-refractivity contribution in [3.63, 3.8) is 0 Å². The number of hydrogen-bond donors (Lipinski definition) is 0. The second-order valence-corrected chi connectivity index (χ2v) is 6.76. The summed E-state index contributed by atoms with van der Waals surface area (Å²) >= 11 is 1.50. The maximum atomic E-state index is 12.5. The van der Waals surface area contributed by atoms with Crippen LogP contribution in [0, 0.1) is 59.2 Å². The van der Waals surface area contributed by atoms with Crippen LogP contribution in [0.1, 0.15) is 30.5 Å². The average molecular weight is 502 g/mol. The van der Waals surface area contributed by atoms with E-state index in [-0.39, 0.29) is 52.8 Å². The molecule has 0 saturated carbocycles. The molecule has 1 aliphatic heterocycles. The molecule has 3 rings (SSSR count). The third kappa shape index (κ3) is 4.84. The number of likely N-dealkylation sites (tertiary alicyclic amines) is 1. The molecule has 2 heterocycles. The van der Waals surface area contributed by atoms with Gasteiger partial charge < -0.3 is 25.8 Å². The number of nitrogens with zero attached hydrogens (tertiary/aromatic N) is 3. The fourth-order valence-electron chi connectivity index (χ4n) is 2.79. The van der Waals surface area contributed by atoms with Crippen molar-refractivity contribution in [2.24, 2.45) is 12.0 Å². The summed E-state index contributed by atoms with van der Waals surface area (Å²) in [4.78, 5) is 20.2. The molecular formula is C18H22N3OSYb-. The van der Waals surface area contributed by atoms with Crippen LogP contribution in [0.15, 0.2) is 29.3 Å². The molecule has 1 aromatic heterocycles. The van der Waals surface area contributed by atoms with Crippen molar-refractivity contribution in [2.45, 2.75) is 32.6 Å². The first-order valence-electron chi connectivity index (χ1n) is 8.09. The van der Waals surface area contributed by atoms with Gasteiger partial charge in [0.25, 0.3) is 0 Å². The van der Waals surface area contributed by atoms with E-state index in [0.717, 1.165) is 47.7 Å². The SMILES string of the molecule is Cc1[c-]sc(=Nc2ccccc2CC(=O)N2CCCCC2)n1C.[Yb]. The first-order chi connectivity index (χ1) is 11.1. The molecule has 136 valence electrons. The van der Waals surface area contributed by atoms with E-state index in [0.29, 0.717) is 6.42 Å². The van der Waals surface area contributed by atoms with Crippen LogP contribution in [-0.2, 0) is 18.3 Å². The molecule has 1 saturated heterocycles. The molecule has 0 N–H and O–H groups in total. The Hall–Kier alpha value is -0.361. The van der Waals surface area contributed by atoms with E-state index < -0.39 is 0 Å². The molecule has 2 aromatic rings. The molecule has 1 aliphatic rings. The van der Waals surface area contributed by atoms with Gasteiger partial charge in [-0.3, -0.25) is 4.79 Å². The first-order valence-corrected chi connectivity index (χ1v) is 8.91. The van der Waals surface area contributed by atoms with Crippen LogP contribution in [-0.4, -0.2) is 28.5 Å². The number of aryl methyl sites for hydroxylation is 1. The molecule has 0 spiro atoms. The van der Waals surface area contributed by atoms with Crippen LogP contribution in [0.5, 0.6) is 0 Å². The number of hydrogen-bond acceptors (Lipinski definition) is 3. The van der Waals surface area contributed by atoms with Crippen molar-refractivity contribution < 1.29 is 51.7 Å². The number of thiazole rings is 1. The van der Waals surface area contributed by atoms with Gasteiger partial charge in [0.15, 0.2) is 0 Å². The standard InChI is InChI=1S/C18H22N3OS.Yb/c1-14-13-23-18(20(14)2)19-16-9-5-4-8-15(16)12-17(22)21-10-6-3-7-11-21;/h4-5,8-9H,3,6-7,10-12H2,1-2H3;/q-1;. The van der Waals surface area contributed by atoms with Gasteiger partial charge in [-0.1, -0.05) is 23.9 Å². The van der Waals surface area contributed by atoms with Crippen LogP contribution in [0.3, 0.4) is 0 Å². The van der Waals surface area contributed by atoms with Crippen LogP contribution in [0.2, 0.25) is 0 Å². The molecular weight excluding hydrogens is 479 g/mol. The summed E-state index contributed by atoms with van der Waals surface area (Å²) in [5.41, 5.74) is 2.94. The van der Waals surface area contributed by atoms with Crippen LogP contribution >= 0.6 is 11.3 Å². The third-order valence-electron chi connectivity index (χ3n) is 4.34. The maximum Gasteiger partial charge on any atom is 0.227 e. The quantitative estimate of drug-likeness (QED) is 0.596. The third-order valence-corrected chi connectivity index (χ3v) is 5.28. The Morgan fingerprint density at radius 3 is 2.62 bits per heavy atom. The zero-order valence-corrected chi connectivity index (χ0v) is 16.5. The van der Waals surface area contributed by atoms with E-state index in [9.17, 15) is 4.79 Å². The number of amides is 1. The Labute approximate surface area is 185 Å². The van der Waals surface area contributed by atoms with E-state index in [1.54, 1.807) is 0 Å². The van der Waals surface area contributed by atoms with Crippen molar-refractivity contribution in [1.29, 1.82) is 0 Å². The fraction of sp³-hybridized carbons (Fsp3) is 0.444. The second kappa shape index (κ2) is 9.37. The summed E-state index contributed by atoms with van der Waals surface area (Å²) in [6.45, 7) is 3.81. The topological polar surface area (TPSA) is 37.6 Å². The largest absolute Gasteiger partial charge is 0.418 e. The van der Waals surface area contributed by atoms with E-state index in [4.69, 9.17) is 4.99 Å². The van der Waals surface area contributed by atoms with Crippen molar-refractivity contribution >= 4 is 22.9 Å². The maximum absolute atomic E-state index is 12.5.